The van der Waals surface area contributed by atoms with Crippen LogP contribution < -0.4 is 9.64 Å². The van der Waals surface area contributed by atoms with Crippen LogP contribution in [0.15, 0.2) is 72.8 Å². The maximum absolute atomic E-state index is 13.8. The number of rotatable bonds is 7. The molecule has 0 spiro atoms. The van der Waals surface area contributed by atoms with E-state index in [1.165, 1.54) is 4.90 Å². The highest BCUT2D eigenvalue weighted by molar-refractivity contribution is 6.23. The van der Waals surface area contributed by atoms with Crippen molar-refractivity contribution in [2.75, 3.05) is 4.90 Å². The number of hydrogen-bond donors (Lipinski definition) is 0. The standard InChI is InChI=1S/C31H29NO4/c1-2-3-4-5-14-25(33)36-20-17-15-19(16-18-20)32-30(34)28-26-21-10-6-7-11-22(21)27(29(28)31(32)35)24-13-9-8-12-23(24)26/h6-13,15-18,26-29H,2-5,14H2,1H3/t26?,27?,28-,29-/m0/s1. The molecule has 3 aliphatic carbocycles. The van der Waals surface area contributed by atoms with E-state index in [2.05, 4.69) is 31.2 Å². The summed E-state index contributed by atoms with van der Waals surface area (Å²) in [7, 11) is 0. The van der Waals surface area contributed by atoms with Gasteiger partial charge in [0.1, 0.15) is 5.75 Å². The number of nitrogens with zero attached hydrogens (tertiary/aromatic N) is 1. The van der Waals surface area contributed by atoms with Gasteiger partial charge in [0.25, 0.3) is 0 Å². The Labute approximate surface area is 211 Å². The lowest BCUT2D eigenvalue weighted by molar-refractivity contribution is -0.134. The minimum atomic E-state index is -0.409. The van der Waals surface area contributed by atoms with E-state index in [-0.39, 0.29) is 29.6 Å². The van der Waals surface area contributed by atoms with Crippen molar-refractivity contribution in [1.82, 2.24) is 0 Å². The Hall–Kier alpha value is -3.73. The predicted molar refractivity (Wildman–Crippen MR) is 137 cm³/mol. The molecule has 0 aromatic heterocycles. The van der Waals surface area contributed by atoms with Gasteiger partial charge >= 0.3 is 5.97 Å². The number of benzene rings is 3. The molecule has 0 saturated carbocycles. The van der Waals surface area contributed by atoms with Crippen LogP contribution in [0.25, 0.3) is 0 Å². The van der Waals surface area contributed by atoms with Gasteiger partial charge in [0.05, 0.1) is 17.5 Å². The van der Waals surface area contributed by atoms with Crippen molar-refractivity contribution in [1.29, 1.82) is 0 Å². The highest BCUT2D eigenvalue weighted by Gasteiger charge is 2.61. The Morgan fingerprint density at radius 2 is 1.22 bits per heavy atom. The van der Waals surface area contributed by atoms with E-state index in [4.69, 9.17) is 4.74 Å². The predicted octanol–water partition coefficient (Wildman–Crippen LogP) is 5.96. The van der Waals surface area contributed by atoms with Crippen molar-refractivity contribution in [3.8, 4) is 5.75 Å². The van der Waals surface area contributed by atoms with Crippen molar-refractivity contribution in [3.05, 3.63) is 95.1 Å². The van der Waals surface area contributed by atoms with E-state index in [9.17, 15) is 14.4 Å². The number of esters is 1. The summed E-state index contributed by atoms with van der Waals surface area (Å²) in [5, 5.41) is 0. The van der Waals surface area contributed by atoms with Crippen molar-refractivity contribution < 1.29 is 19.1 Å². The van der Waals surface area contributed by atoms with Gasteiger partial charge in [0.15, 0.2) is 0 Å². The highest BCUT2D eigenvalue weighted by atomic mass is 16.5. The fourth-order valence-corrected chi connectivity index (χ4v) is 6.47. The second-order valence-corrected chi connectivity index (χ2v) is 10.1. The topological polar surface area (TPSA) is 63.7 Å². The number of carbonyl (C=O) groups is 3. The molecule has 2 bridgehead atoms. The first-order valence-corrected chi connectivity index (χ1v) is 13.0. The lowest BCUT2D eigenvalue weighted by Crippen LogP contribution is -2.41. The molecule has 1 heterocycles. The summed E-state index contributed by atoms with van der Waals surface area (Å²) in [4.78, 5) is 41.1. The van der Waals surface area contributed by atoms with Gasteiger partial charge in [-0.2, -0.15) is 0 Å². The van der Waals surface area contributed by atoms with E-state index >= 15 is 0 Å². The first-order valence-electron chi connectivity index (χ1n) is 13.0. The Morgan fingerprint density at radius 1 is 0.722 bits per heavy atom. The van der Waals surface area contributed by atoms with Crippen LogP contribution in [0.5, 0.6) is 5.75 Å². The smallest absolute Gasteiger partial charge is 0.311 e. The lowest BCUT2D eigenvalue weighted by atomic mass is 9.55. The maximum atomic E-state index is 13.8. The van der Waals surface area contributed by atoms with Crippen LogP contribution in [0.2, 0.25) is 0 Å². The third-order valence-electron chi connectivity index (χ3n) is 8.01. The monoisotopic (exact) mass is 479 g/mol. The zero-order valence-corrected chi connectivity index (χ0v) is 20.4. The van der Waals surface area contributed by atoms with Crippen LogP contribution >= 0.6 is 0 Å². The summed E-state index contributed by atoms with van der Waals surface area (Å²) in [5.74, 6) is -1.19. The number of amides is 2. The van der Waals surface area contributed by atoms with Gasteiger partial charge in [-0.25, -0.2) is 4.90 Å². The molecule has 1 fully saturated rings. The van der Waals surface area contributed by atoms with Crippen LogP contribution in [0.1, 0.15) is 73.1 Å². The van der Waals surface area contributed by atoms with Gasteiger partial charge in [-0.1, -0.05) is 74.7 Å². The second-order valence-electron chi connectivity index (χ2n) is 10.1. The second kappa shape index (κ2) is 9.05. The molecule has 2 amide bonds. The molecule has 4 aliphatic rings. The molecule has 7 rings (SSSR count). The molecule has 1 aliphatic heterocycles. The number of imide groups is 1. The molecular formula is C31H29NO4. The molecule has 3 aromatic carbocycles. The molecule has 5 heteroatoms. The molecule has 0 N–H and O–H groups in total. The van der Waals surface area contributed by atoms with E-state index in [0.29, 0.717) is 17.9 Å². The zero-order chi connectivity index (χ0) is 24.8. The third-order valence-corrected chi connectivity index (χ3v) is 8.01. The molecule has 0 unspecified atom stereocenters. The van der Waals surface area contributed by atoms with Gasteiger partial charge < -0.3 is 4.74 Å². The van der Waals surface area contributed by atoms with Crippen LogP contribution in [-0.2, 0) is 14.4 Å². The normalized spacial score (nSPS) is 23.3. The van der Waals surface area contributed by atoms with Gasteiger partial charge in [-0.3, -0.25) is 14.4 Å². The van der Waals surface area contributed by atoms with Crippen molar-refractivity contribution in [2.45, 2.75) is 50.9 Å². The Morgan fingerprint density at radius 3 is 1.69 bits per heavy atom. The summed E-state index contributed by atoms with van der Waals surface area (Å²) in [5.41, 5.74) is 5.16. The number of carbonyl (C=O) groups excluding carboxylic acids is 3. The maximum Gasteiger partial charge on any atom is 0.311 e. The minimum absolute atomic E-state index is 0.123. The number of unbranched alkanes of at least 4 members (excludes halogenated alkanes) is 3. The summed E-state index contributed by atoms with van der Waals surface area (Å²) < 4.78 is 5.46. The molecule has 36 heavy (non-hydrogen) atoms. The van der Waals surface area contributed by atoms with Crippen LogP contribution in [-0.4, -0.2) is 17.8 Å². The summed E-state index contributed by atoms with van der Waals surface area (Å²) in [6.07, 6.45) is 4.45. The SMILES string of the molecule is CCCCCCC(=O)Oc1ccc(N2C(=O)[C@H]3C4c5ccccc5C(c5ccccc54)[C@@H]3C2=O)cc1. The van der Waals surface area contributed by atoms with Crippen molar-refractivity contribution in [2.24, 2.45) is 11.8 Å². The molecular weight excluding hydrogens is 450 g/mol. The van der Waals surface area contributed by atoms with Crippen LogP contribution in [0, 0.1) is 11.8 Å². The largest absolute Gasteiger partial charge is 0.427 e. The first-order chi connectivity index (χ1) is 17.6. The first kappa shape index (κ1) is 22.7. The van der Waals surface area contributed by atoms with E-state index in [1.807, 2.05) is 24.3 Å². The zero-order valence-electron chi connectivity index (χ0n) is 20.4. The van der Waals surface area contributed by atoms with E-state index < -0.39 is 11.8 Å². The molecule has 182 valence electrons. The minimum Gasteiger partial charge on any atom is -0.427 e. The molecule has 0 radical (unpaired) electrons. The summed E-state index contributed by atoms with van der Waals surface area (Å²) >= 11 is 0. The Bertz CT molecular complexity index is 1230. The number of anilines is 1. The fourth-order valence-electron chi connectivity index (χ4n) is 6.47. The molecule has 5 nitrogen and oxygen atoms in total. The number of ether oxygens (including phenoxy) is 1. The van der Waals surface area contributed by atoms with Crippen LogP contribution in [0.4, 0.5) is 5.69 Å². The summed E-state index contributed by atoms with van der Waals surface area (Å²) in [6, 6.07) is 23.2. The van der Waals surface area contributed by atoms with E-state index in [0.717, 1.165) is 47.9 Å². The van der Waals surface area contributed by atoms with Crippen molar-refractivity contribution >= 4 is 23.5 Å². The van der Waals surface area contributed by atoms with Gasteiger partial charge in [-0.15, -0.1) is 0 Å². The Balaban J connectivity index is 1.27. The number of hydrogen-bond acceptors (Lipinski definition) is 4. The lowest BCUT2D eigenvalue weighted by Gasteiger charge is -2.45. The molecule has 1 saturated heterocycles. The molecule has 2 atom stereocenters. The average Bonchev–Trinajstić information content (AvgIpc) is 3.17. The fraction of sp³-hybridized carbons (Fsp3) is 0.323. The van der Waals surface area contributed by atoms with Crippen LogP contribution in [0.3, 0.4) is 0 Å². The highest BCUT2D eigenvalue weighted by Crippen LogP contribution is 2.61. The molecule has 3 aromatic rings. The van der Waals surface area contributed by atoms with Gasteiger partial charge in [-0.05, 0) is 52.9 Å². The third kappa shape index (κ3) is 3.48. The van der Waals surface area contributed by atoms with Gasteiger partial charge in [0, 0.05) is 18.3 Å². The van der Waals surface area contributed by atoms with E-state index in [1.54, 1.807) is 24.3 Å². The van der Waals surface area contributed by atoms with Crippen molar-refractivity contribution in [3.63, 3.8) is 0 Å². The Kier molecular flexibility index (Phi) is 5.71. The van der Waals surface area contributed by atoms with Gasteiger partial charge in [0.2, 0.25) is 11.8 Å². The quantitative estimate of drug-likeness (QED) is 0.182. The average molecular weight is 480 g/mol. The summed E-state index contributed by atoms with van der Waals surface area (Å²) in [6.45, 7) is 2.13.